The summed E-state index contributed by atoms with van der Waals surface area (Å²) in [5, 5.41) is 17.3. The minimum absolute atomic E-state index is 0.0852. The molecule has 4 nitrogen and oxygen atoms in total. The number of hydrogen-bond donors (Lipinski definition) is 1. The molecule has 0 saturated heterocycles. The number of halogens is 1. The van der Waals surface area contributed by atoms with Crippen LogP contribution < -0.4 is 4.74 Å². The number of carboxylic acids is 1. The molecule has 1 saturated carbocycles. The van der Waals surface area contributed by atoms with E-state index >= 15 is 0 Å². The number of rotatable bonds is 6. The van der Waals surface area contributed by atoms with Crippen molar-refractivity contribution in [3.8, 4) is 11.8 Å². The van der Waals surface area contributed by atoms with Crippen LogP contribution in [0.15, 0.2) is 24.3 Å². The molecular weight excluding hydrogens is 261 g/mol. The summed E-state index contributed by atoms with van der Waals surface area (Å²) in [5.74, 6) is -1.24. The Bertz CT molecular complexity index is 585. The Hall–Kier alpha value is -2.35. The van der Waals surface area contributed by atoms with Crippen LogP contribution in [-0.2, 0) is 4.79 Å². The Morgan fingerprint density at radius 3 is 2.85 bits per heavy atom. The smallest absolute Gasteiger partial charge is 0.328 e. The van der Waals surface area contributed by atoms with Crippen molar-refractivity contribution in [2.45, 2.75) is 19.3 Å². The highest BCUT2D eigenvalue weighted by Crippen LogP contribution is 2.48. The number of hydrogen-bond acceptors (Lipinski definition) is 3. The minimum Gasteiger partial charge on any atom is -0.493 e. The molecule has 0 aromatic heterocycles. The molecular formula is C15H14FNO3. The average molecular weight is 275 g/mol. The number of benzene rings is 1. The van der Waals surface area contributed by atoms with Gasteiger partial charge in [0.25, 0.3) is 0 Å². The van der Waals surface area contributed by atoms with Crippen molar-refractivity contribution in [2.24, 2.45) is 5.41 Å². The molecule has 0 unspecified atom stereocenters. The molecule has 2 rings (SSSR count). The van der Waals surface area contributed by atoms with Crippen LogP contribution in [0.3, 0.4) is 0 Å². The molecule has 1 N–H and O–H groups in total. The maximum atomic E-state index is 13.4. The zero-order valence-electron chi connectivity index (χ0n) is 10.8. The lowest BCUT2D eigenvalue weighted by atomic mass is 10.1. The van der Waals surface area contributed by atoms with E-state index in [4.69, 9.17) is 15.1 Å². The number of nitrogens with zero attached hydrogens (tertiary/aromatic N) is 1. The van der Waals surface area contributed by atoms with Crippen molar-refractivity contribution in [3.63, 3.8) is 0 Å². The predicted octanol–water partition coefficient (Wildman–Crippen LogP) is 3.00. The molecule has 0 spiro atoms. The van der Waals surface area contributed by atoms with Crippen molar-refractivity contribution in [3.05, 3.63) is 35.7 Å². The van der Waals surface area contributed by atoms with E-state index in [9.17, 15) is 9.18 Å². The van der Waals surface area contributed by atoms with E-state index in [0.717, 1.165) is 18.9 Å². The molecule has 20 heavy (non-hydrogen) atoms. The highest BCUT2D eigenvalue weighted by Gasteiger charge is 2.43. The topological polar surface area (TPSA) is 70.3 Å². The maximum absolute atomic E-state index is 13.4. The summed E-state index contributed by atoms with van der Waals surface area (Å²) in [6.07, 6.45) is 4.58. The van der Waals surface area contributed by atoms with Gasteiger partial charge >= 0.3 is 5.97 Å². The monoisotopic (exact) mass is 275 g/mol. The van der Waals surface area contributed by atoms with E-state index in [1.54, 1.807) is 6.07 Å². The lowest BCUT2D eigenvalue weighted by molar-refractivity contribution is -0.131. The van der Waals surface area contributed by atoms with Crippen LogP contribution >= 0.6 is 0 Å². The maximum Gasteiger partial charge on any atom is 0.328 e. The summed E-state index contributed by atoms with van der Waals surface area (Å²) in [6.45, 7) is 0.381. The highest BCUT2D eigenvalue weighted by atomic mass is 19.1. The molecule has 0 amide bonds. The summed E-state index contributed by atoms with van der Waals surface area (Å²) in [7, 11) is 0. The predicted molar refractivity (Wildman–Crippen MR) is 70.5 cm³/mol. The molecule has 1 aromatic carbocycles. The van der Waals surface area contributed by atoms with Crippen molar-refractivity contribution < 1.29 is 19.0 Å². The van der Waals surface area contributed by atoms with Gasteiger partial charge in [0.15, 0.2) is 0 Å². The van der Waals surface area contributed by atoms with E-state index in [0.29, 0.717) is 24.3 Å². The van der Waals surface area contributed by atoms with E-state index in [1.165, 1.54) is 18.2 Å². The molecule has 0 heterocycles. The summed E-state index contributed by atoms with van der Waals surface area (Å²) < 4.78 is 19.0. The van der Waals surface area contributed by atoms with Crippen molar-refractivity contribution in [2.75, 3.05) is 6.61 Å². The van der Waals surface area contributed by atoms with Gasteiger partial charge in [0.1, 0.15) is 11.6 Å². The number of ether oxygens (including phenoxy) is 1. The fraction of sp³-hybridized carbons (Fsp3) is 0.333. The van der Waals surface area contributed by atoms with Crippen LogP contribution in [0.1, 0.15) is 24.8 Å². The molecule has 1 aliphatic carbocycles. The third kappa shape index (κ3) is 3.82. The molecule has 0 aliphatic heterocycles. The third-order valence-corrected chi connectivity index (χ3v) is 3.27. The van der Waals surface area contributed by atoms with E-state index in [1.807, 2.05) is 0 Å². The Morgan fingerprint density at radius 1 is 1.50 bits per heavy atom. The van der Waals surface area contributed by atoms with Gasteiger partial charge in [-0.1, -0.05) is 0 Å². The Morgan fingerprint density at radius 2 is 2.25 bits per heavy atom. The second-order valence-corrected chi connectivity index (χ2v) is 5.02. The summed E-state index contributed by atoms with van der Waals surface area (Å²) >= 11 is 0. The van der Waals surface area contributed by atoms with Crippen LogP contribution in [0.2, 0.25) is 0 Å². The second-order valence-electron chi connectivity index (χ2n) is 5.02. The van der Waals surface area contributed by atoms with Gasteiger partial charge < -0.3 is 9.84 Å². The SMILES string of the molecule is N#CCC1(COc2cc(F)cc(/C=C/C(=O)O)c2)CC1. The first kappa shape index (κ1) is 14.1. The first-order valence-corrected chi connectivity index (χ1v) is 6.24. The third-order valence-electron chi connectivity index (χ3n) is 3.27. The summed E-state index contributed by atoms with van der Waals surface area (Å²) in [4.78, 5) is 10.4. The molecule has 5 heteroatoms. The van der Waals surface area contributed by atoms with Gasteiger partial charge in [-0.15, -0.1) is 0 Å². The summed E-state index contributed by atoms with van der Waals surface area (Å²) in [5.41, 5.74) is 0.338. The van der Waals surface area contributed by atoms with E-state index in [2.05, 4.69) is 6.07 Å². The first-order valence-electron chi connectivity index (χ1n) is 6.24. The Balaban J connectivity index is 2.05. The standard InChI is InChI=1S/C15H14FNO3/c16-12-7-11(1-2-14(18)19)8-13(9-12)20-10-15(3-4-15)5-6-17/h1-2,7-9H,3-5,10H2,(H,18,19)/b2-1+. The van der Waals surface area contributed by atoms with E-state index in [-0.39, 0.29) is 5.41 Å². The Labute approximate surface area is 116 Å². The van der Waals surface area contributed by atoms with Crippen LogP contribution in [0.5, 0.6) is 5.75 Å². The van der Waals surface area contributed by atoms with Gasteiger partial charge in [0, 0.05) is 24.0 Å². The van der Waals surface area contributed by atoms with Crippen molar-refractivity contribution in [1.29, 1.82) is 5.26 Å². The fourth-order valence-corrected chi connectivity index (χ4v) is 1.88. The van der Waals surface area contributed by atoms with Crippen molar-refractivity contribution in [1.82, 2.24) is 0 Å². The molecule has 1 fully saturated rings. The molecule has 0 atom stereocenters. The normalized spacial score (nSPS) is 15.8. The second kappa shape index (κ2) is 5.74. The number of carbonyl (C=O) groups is 1. The van der Waals surface area contributed by atoms with Crippen LogP contribution in [0.4, 0.5) is 4.39 Å². The zero-order valence-corrected chi connectivity index (χ0v) is 10.8. The summed E-state index contributed by atoms with van der Waals surface area (Å²) in [6, 6.07) is 6.19. The van der Waals surface area contributed by atoms with Crippen molar-refractivity contribution >= 4 is 12.0 Å². The average Bonchev–Trinajstić information content (AvgIpc) is 3.14. The van der Waals surface area contributed by atoms with Gasteiger partial charge in [-0.05, 0) is 36.6 Å². The lowest BCUT2D eigenvalue weighted by Gasteiger charge is -2.13. The number of nitriles is 1. The quantitative estimate of drug-likeness (QED) is 0.810. The van der Waals surface area contributed by atoms with Gasteiger partial charge in [0.05, 0.1) is 12.7 Å². The van der Waals surface area contributed by atoms with Gasteiger partial charge in [-0.3, -0.25) is 0 Å². The van der Waals surface area contributed by atoms with Crippen LogP contribution in [0.25, 0.3) is 6.08 Å². The van der Waals surface area contributed by atoms with Crippen LogP contribution in [-0.4, -0.2) is 17.7 Å². The fourth-order valence-electron chi connectivity index (χ4n) is 1.88. The molecule has 0 radical (unpaired) electrons. The molecule has 1 aromatic rings. The van der Waals surface area contributed by atoms with Crippen LogP contribution in [0, 0.1) is 22.6 Å². The molecule has 104 valence electrons. The molecule has 0 bridgehead atoms. The minimum atomic E-state index is -1.09. The number of carboxylic acid groups (broad SMARTS) is 1. The van der Waals surface area contributed by atoms with Gasteiger partial charge in [0.2, 0.25) is 0 Å². The number of aliphatic carboxylic acids is 1. The highest BCUT2D eigenvalue weighted by molar-refractivity contribution is 5.85. The Kier molecular flexibility index (Phi) is 4.04. The largest absolute Gasteiger partial charge is 0.493 e. The molecule has 1 aliphatic rings. The van der Waals surface area contributed by atoms with Gasteiger partial charge in [-0.25, -0.2) is 9.18 Å². The van der Waals surface area contributed by atoms with E-state index < -0.39 is 11.8 Å². The van der Waals surface area contributed by atoms with Gasteiger partial charge in [-0.2, -0.15) is 5.26 Å². The zero-order chi connectivity index (χ0) is 14.6. The first-order chi connectivity index (χ1) is 9.53. The lowest BCUT2D eigenvalue weighted by Crippen LogP contribution is -2.12.